The second kappa shape index (κ2) is 5.73. The first-order chi connectivity index (χ1) is 8.69. The highest BCUT2D eigenvalue weighted by Gasteiger charge is 2.22. The predicted octanol–water partition coefficient (Wildman–Crippen LogP) is 1.58. The van der Waals surface area contributed by atoms with Gasteiger partial charge in [-0.25, -0.2) is 4.79 Å². The van der Waals surface area contributed by atoms with Crippen LogP contribution in [0.15, 0.2) is 24.3 Å². The molecule has 1 aliphatic rings. The molecule has 5 heteroatoms. The van der Waals surface area contributed by atoms with Gasteiger partial charge in [0.05, 0.1) is 6.54 Å². The first-order valence-corrected chi connectivity index (χ1v) is 6.12. The largest absolute Gasteiger partial charge is 0.490 e. The average molecular weight is 250 g/mol. The number of hydrogen-bond donors (Lipinski definition) is 2. The van der Waals surface area contributed by atoms with E-state index in [4.69, 9.17) is 15.2 Å². The third kappa shape index (κ3) is 3.13. The molecule has 0 aliphatic carbocycles. The van der Waals surface area contributed by atoms with Crippen molar-refractivity contribution < 1.29 is 14.3 Å². The quantitative estimate of drug-likeness (QED) is 0.832. The summed E-state index contributed by atoms with van der Waals surface area (Å²) in [6.45, 7) is 2.91. The summed E-state index contributed by atoms with van der Waals surface area (Å²) in [4.78, 5) is 10.8. The van der Waals surface area contributed by atoms with Crippen molar-refractivity contribution in [2.45, 2.75) is 25.5 Å². The van der Waals surface area contributed by atoms with Crippen LogP contribution in [0.5, 0.6) is 5.75 Å². The highest BCUT2D eigenvalue weighted by atomic mass is 16.6. The Hall–Kier alpha value is -1.75. The number of benzene rings is 1. The van der Waals surface area contributed by atoms with Crippen molar-refractivity contribution >= 4 is 6.09 Å². The second-order valence-electron chi connectivity index (χ2n) is 4.30. The summed E-state index contributed by atoms with van der Waals surface area (Å²) in [7, 11) is 0. The van der Waals surface area contributed by atoms with Gasteiger partial charge in [-0.05, 0) is 24.1 Å². The molecule has 18 heavy (non-hydrogen) atoms. The average Bonchev–Trinajstić information content (AvgIpc) is 2.82. The molecule has 0 saturated carbocycles. The van der Waals surface area contributed by atoms with Gasteiger partial charge in [0.25, 0.3) is 0 Å². The highest BCUT2D eigenvalue weighted by molar-refractivity contribution is 5.69. The van der Waals surface area contributed by atoms with Gasteiger partial charge in [-0.3, -0.25) is 0 Å². The van der Waals surface area contributed by atoms with Crippen molar-refractivity contribution in [3.63, 3.8) is 0 Å². The Bertz CT molecular complexity index is 405. The fraction of sp³-hybridized carbons (Fsp3) is 0.462. The zero-order valence-electron chi connectivity index (χ0n) is 10.4. The van der Waals surface area contributed by atoms with Gasteiger partial charge in [-0.2, -0.15) is 0 Å². The lowest BCUT2D eigenvalue weighted by atomic mass is 10.1. The van der Waals surface area contributed by atoms with Crippen LogP contribution >= 0.6 is 0 Å². The highest BCUT2D eigenvalue weighted by Crippen LogP contribution is 2.18. The summed E-state index contributed by atoms with van der Waals surface area (Å²) in [6, 6.07) is 7.76. The van der Waals surface area contributed by atoms with Gasteiger partial charge in [-0.15, -0.1) is 0 Å². The molecule has 1 fully saturated rings. The number of amides is 1. The summed E-state index contributed by atoms with van der Waals surface area (Å²) in [5.41, 5.74) is 7.02. The molecule has 1 aromatic rings. The maximum Gasteiger partial charge on any atom is 0.407 e. The maximum atomic E-state index is 10.8. The van der Waals surface area contributed by atoms with E-state index in [1.54, 1.807) is 0 Å². The topological polar surface area (TPSA) is 73.6 Å². The van der Waals surface area contributed by atoms with Gasteiger partial charge in [0.1, 0.15) is 12.4 Å². The monoisotopic (exact) mass is 250 g/mol. The summed E-state index contributed by atoms with van der Waals surface area (Å²) in [5, 5.41) is 2.58. The van der Waals surface area contributed by atoms with E-state index in [0.29, 0.717) is 13.2 Å². The lowest BCUT2D eigenvalue weighted by Crippen LogP contribution is -2.21. The van der Waals surface area contributed by atoms with Crippen molar-refractivity contribution in [3.8, 4) is 5.75 Å². The molecule has 1 saturated heterocycles. The van der Waals surface area contributed by atoms with Crippen LogP contribution in [0.25, 0.3) is 0 Å². The van der Waals surface area contributed by atoms with Crippen molar-refractivity contribution in [2.24, 2.45) is 5.73 Å². The van der Waals surface area contributed by atoms with Crippen molar-refractivity contribution in [1.29, 1.82) is 0 Å². The van der Waals surface area contributed by atoms with E-state index in [1.165, 1.54) is 0 Å². The number of nitrogens with two attached hydrogens (primary N) is 1. The molecule has 2 atom stereocenters. The van der Waals surface area contributed by atoms with Gasteiger partial charge in [-0.1, -0.05) is 19.1 Å². The van der Waals surface area contributed by atoms with E-state index in [1.807, 2.05) is 24.3 Å². The Kier molecular flexibility index (Phi) is 4.04. The SMILES string of the molecule is CC[C@@H](N)c1ccc(OCC2CNC(=O)O2)cc1. The minimum absolute atomic E-state index is 0.0686. The molecular weight excluding hydrogens is 232 g/mol. The van der Waals surface area contributed by atoms with E-state index in [-0.39, 0.29) is 18.2 Å². The van der Waals surface area contributed by atoms with Crippen LogP contribution in [-0.4, -0.2) is 25.3 Å². The molecule has 5 nitrogen and oxygen atoms in total. The van der Waals surface area contributed by atoms with Crippen LogP contribution in [0.4, 0.5) is 4.79 Å². The first kappa shape index (κ1) is 12.7. The number of hydrogen-bond acceptors (Lipinski definition) is 4. The zero-order valence-corrected chi connectivity index (χ0v) is 10.4. The number of carbonyl (C=O) groups excluding carboxylic acids is 1. The Labute approximate surface area is 106 Å². The molecular formula is C13H18N2O3. The van der Waals surface area contributed by atoms with Crippen LogP contribution in [-0.2, 0) is 4.74 Å². The predicted molar refractivity (Wildman–Crippen MR) is 67.4 cm³/mol. The molecule has 1 unspecified atom stereocenters. The van der Waals surface area contributed by atoms with Gasteiger partial charge < -0.3 is 20.5 Å². The summed E-state index contributed by atoms with van der Waals surface area (Å²) in [5.74, 6) is 0.755. The Balaban J connectivity index is 1.84. The van der Waals surface area contributed by atoms with Crippen LogP contribution in [0.2, 0.25) is 0 Å². The van der Waals surface area contributed by atoms with Gasteiger partial charge >= 0.3 is 6.09 Å². The van der Waals surface area contributed by atoms with Crippen LogP contribution in [0, 0.1) is 0 Å². The fourth-order valence-corrected chi connectivity index (χ4v) is 1.76. The van der Waals surface area contributed by atoms with Crippen LogP contribution in [0.1, 0.15) is 24.9 Å². The standard InChI is InChI=1S/C13H18N2O3/c1-2-12(14)9-3-5-10(6-4-9)17-8-11-7-15-13(16)18-11/h3-6,11-12H,2,7-8,14H2,1H3,(H,15,16)/t11?,12-/m1/s1. The molecule has 3 N–H and O–H groups in total. The van der Waals surface area contributed by atoms with E-state index < -0.39 is 0 Å². The lowest BCUT2D eigenvalue weighted by Gasteiger charge is -2.12. The third-order valence-corrected chi connectivity index (χ3v) is 2.93. The van der Waals surface area contributed by atoms with E-state index in [0.717, 1.165) is 17.7 Å². The fourth-order valence-electron chi connectivity index (χ4n) is 1.76. The second-order valence-corrected chi connectivity index (χ2v) is 4.30. The van der Waals surface area contributed by atoms with Crippen molar-refractivity contribution in [3.05, 3.63) is 29.8 Å². The number of rotatable bonds is 5. The first-order valence-electron chi connectivity index (χ1n) is 6.12. The molecule has 1 heterocycles. The normalized spacial score (nSPS) is 20.1. The molecule has 2 rings (SSSR count). The van der Waals surface area contributed by atoms with Gasteiger partial charge in [0.15, 0.2) is 6.10 Å². The van der Waals surface area contributed by atoms with Crippen molar-refractivity contribution in [1.82, 2.24) is 5.32 Å². The molecule has 0 radical (unpaired) electrons. The number of carbonyl (C=O) groups is 1. The summed E-state index contributed by atoms with van der Waals surface area (Å²) < 4.78 is 10.5. The number of nitrogens with one attached hydrogen (secondary N) is 1. The number of alkyl carbamates (subject to hydrolysis) is 1. The molecule has 1 amide bonds. The molecule has 0 aromatic heterocycles. The van der Waals surface area contributed by atoms with Gasteiger partial charge in [0.2, 0.25) is 0 Å². The number of cyclic esters (lactones) is 1. The van der Waals surface area contributed by atoms with Crippen LogP contribution in [0.3, 0.4) is 0 Å². The Morgan fingerprint density at radius 2 is 2.22 bits per heavy atom. The molecule has 98 valence electrons. The van der Waals surface area contributed by atoms with E-state index in [2.05, 4.69) is 12.2 Å². The Morgan fingerprint density at radius 1 is 1.50 bits per heavy atom. The smallest absolute Gasteiger partial charge is 0.407 e. The zero-order chi connectivity index (χ0) is 13.0. The van der Waals surface area contributed by atoms with Gasteiger partial charge in [0, 0.05) is 6.04 Å². The maximum absolute atomic E-state index is 10.8. The minimum atomic E-state index is -0.382. The van der Waals surface area contributed by atoms with E-state index in [9.17, 15) is 4.79 Å². The molecule has 0 bridgehead atoms. The molecule has 0 spiro atoms. The Morgan fingerprint density at radius 3 is 2.78 bits per heavy atom. The third-order valence-electron chi connectivity index (χ3n) is 2.93. The summed E-state index contributed by atoms with van der Waals surface area (Å²) >= 11 is 0. The molecule has 1 aliphatic heterocycles. The molecule has 1 aromatic carbocycles. The van der Waals surface area contributed by atoms with Crippen molar-refractivity contribution in [2.75, 3.05) is 13.2 Å². The van der Waals surface area contributed by atoms with E-state index >= 15 is 0 Å². The lowest BCUT2D eigenvalue weighted by molar-refractivity contribution is 0.105. The van der Waals surface area contributed by atoms with Crippen LogP contribution < -0.4 is 15.8 Å². The summed E-state index contributed by atoms with van der Waals surface area (Å²) in [6.07, 6.45) is 0.312. The minimum Gasteiger partial charge on any atom is -0.490 e. The number of ether oxygens (including phenoxy) is 2.